The van der Waals surface area contributed by atoms with E-state index in [0.29, 0.717) is 19.4 Å². The number of aliphatic carboxylic acids is 1. The third-order valence-corrected chi connectivity index (χ3v) is 3.77. The molecule has 7 nitrogen and oxygen atoms in total. The van der Waals surface area contributed by atoms with Gasteiger partial charge in [-0.25, -0.2) is 9.59 Å². The zero-order chi connectivity index (χ0) is 15.9. The van der Waals surface area contributed by atoms with Crippen molar-refractivity contribution in [2.75, 3.05) is 20.2 Å². The number of esters is 1. The lowest BCUT2D eigenvalue weighted by Gasteiger charge is -2.35. The second-order valence-corrected chi connectivity index (χ2v) is 5.35. The van der Waals surface area contributed by atoms with Crippen LogP contribution in [0.25, 0.3) is 0 Å². The van der Waals surface area contributed by atoms with Crippen LogP contribution in [-0.4, -0.2) is 53.7 Å². The number of amides is 2. The zero-order valence-electron chi connectivity index (χ0n) is 12.7. The van der Waals surface area contributed by atoms with Crippen molar-refractivity contribution in [1.29, 1.82) is 0 Å². The van der Waals surface area contributed by atoms with Gasteiger partial charge in [-0.15, -0.1) is 0 Å². The van der Waals surface area contributed by atoms with Gasteiger partial charge in [0.1, 0.15) is 5.54 Å². The molecule has 1 aliphatic carbocycles. The number of carboxylic acid groups (broad SMARTS) is 1. The van der Waals surface area contributed by atoms with E-state index in [4.69, 9.17) is 4.74 Å². The van der Waals surface area contributed by atoms with Crippen LogP contribution in [0.5, 0.6) is 0 Å². The van der Waals surface area contributed by atoms with Crippen LogP contribution in [0.4, 0.5) is 4.79 Å². The first-order chi connectivity index (χ1) is 9.91. The number of carbonyl (C=O) groups is 3. The minimum atomic E-state index is -1.17. The maximum Gasteiger partial charge on any atom is 0.329 e. The summed E-state index contributed by atoms with van der Waals surface area (Å²) in [5.74, 6) is -1.36. The van der Waals surface area contributed by atoms with Crippen LogP contribution in [0.15, 0.2) is 0 Å². The van der Waals surface area contributed by atoms with E-state index in [9.17, 15) is 19.5 Å². The third-order valence-electron chi connectivity index (χ3n) is 3.77. The van der Waals surface area contributed by atoms with Crippen molar-refractivity contribution in [1.82, 2.24) is 10.2 Å². The van der Waals surface area contributed by atoms with Gasteiger partial charge < -0.3 is 20.1 Å². The van der Waals surface area contributed by atoms with E-state index in [2.05, 4.69) is 5.32 Å². The highest BCUT2D eigenvalue weighted by Gasteiger charge is 2.41. The number of ether oxygens (including phenoxy) is 1. The summed E-state index contributed by atoms with van der Waals surface area (Å²) >= 11 is 0. The summed E-state index contributed by atoms with van der Waals surface area (Å²) in [6, 6.07) is -0.469. The van der Waals surface area contributed by atoms with E-state index < -0.39 is 17.5 Å². The average molecular weight is 300 g/mol. The third kappa shape index (κ3) is 4.91. The van der Waals surface area contributed by atoms with Gasteiger partial charge in [0.05, 0.1) is 13.0 Å². The Balaban J connectivity index is 2.53. The Labute approximate surface area is 124 Å². The van der Waals surface area contributed by atoms with E-state index in [0.717, 1.165) is 19.3 Å². The van der Waals surface area contributed by atoms with Crippen LogP contribution >= 0.6 is 0 Å². The molecule has 0 saturated heterocycles. The molecule has 0 aromatic carbocycles. The lowest BCUT2D eigenvalue weighted by molar-refractivity contribution is -0.146. The van der Waals surface area contributed by atoms with Gasteiger partial charge in [0.25, 0.3) is 0 Å². The number of hydrogen-bond acceptors (Lipinski definition) is 4. The molecule has 1 rings (SSSR count). The van der Waals surface area contributed by atoms with Gasteiger partial charge in [-0.1, -0.05) is 19.3 Å². The first kappa shape index (κ1) is 17.3. The molecule has 1 saturated carbocycles. The van der Waals surface area contributed by atoms with Gasteiger partial charge in [0.2, 0.25) is 0 Å². The number of nitrogens with one attached hydrogen (secondary N) is 1. The second-order valence-electron chi connectivity index (χ2n) is 5.35. The fraction of sp³-hybridized carbons (Fsp3) is 0.786. The average Bonchev–Trinajstić information content (AvgIpc) is 2.45. The molecule has 0 bridgehead atoms. The normalized spacial score (nSPS) is 16.9. The van der Waals surface area contributed by atoms with Crippen LogP contribution in [0.2, 0.25) is 0 Å². The highest BCUT2D eigenvalue weighted by Crippen LogP contribution is 2.28. The summed E-state index contributed by atoms with van der Waals surface area (Å²) in [7, 11) is 1.53. The fourth-order valence-electron chi connectivity index (χ4n) is 2.44. The maximum atomic E-state index is 12.1. The Kier molecular flexibility index (Phi) is 6.45. The summed E-state index contributed by atoms with van der Waals surface area (Å²) in [6.45, 7) is 2.21. The molecule has 0 aromatic rings. The minimum Gasteiger partial charge on any atom is -0.480 e. The minimum absolute atomic E-state index is 0.0951. The van der Waals surface area contributed by atoms with Crippen LogP contribution in [-0.2, 0) is 14.3 Å². The van der Waals surface area contributed by atoms with Crippen LogP contribution in [0.3, 0.4) is 0 Å². The molecule has 2 amide bonds. The highest BCUT2D eigenvalue weighted by atomic mass is 16.5. The molecule has 2 N–H and O–H groups in total. The smallest absolute Gasteiger partial charge is 0.329 e. The first-order valence-electron chi connectivity index (χ1n) is 7.33. The molecular weight excluding hydrogens is 276 g/mol. The van der Waals surface area contributed by atoms with Crippen molar-refractivity contribution in [3.05, 3.63) is 0 Å². The number of hydrogen-bond donors (Lipinski definition) is 2. The van der Waals surface area contributed by atoms with Crippen molar-refractivity contribution in [3.63, 3.8) is 0 Å². The van der Waals surface area contributed by atoms with E-state index in [-0.39, 0.29) is 18.9 Å². The first-order valence-corrected chi connectivity index (χ1v) is 7.33. The van der Waals surface area contributed by atoms with Crippen LogP contribution < -0.4 is 5.32 Å². The summed E-state index contributed by atoms with van der Waals surface area (Å²) in [5.41, 5.74) is -1.17. The highest BCUT2D eigenvalue weighted by molar-refractivity contribution is 5.86. The molecule has 120 valence electrons. The Morgan fingerprint density at radius 3 is 2.38 bits per heavy atom. The molecule has 0 aliphatic heterocycles. The number of nitrogens with zero attached hydrogens (tertiary/aromatic N) is 1. The topological polar surface area (TPSA) is 95.9 Å². The van der Waals surface area contributed by atoms with Crippen molar-refractivity contribution < 1.29 is 24.2 Å². The Hall–Kier alpha value is -1.79. The number of rotatable bonds is 6. The van der Waals surface area contributed by atoms with Crippen molar-refractivity contribution in [2.45, 2.75) is 51.0 Å². The second kappa shape index (κ2) is 7.85. The van der Waals surface area contributed by atoms with Crippen molar-refractivity contribution in [2.24, 2.45) is 0 Å². The molecule has 0 radical (unpaired) electrons. The molecule has 0 heterocycles. The van der Waals surface area contributed by atoms with Crippen molar-refractivity contribution in [3.8, 4) is 0 Å². The molecule has 0 atom stereocenters. The molecule has 21 heavy (non-hydrogen) atoms. The molecule has 0 unspecified atom stereocenters. The maximum absolute atomic E-state index is 12.1. The Bertz CT molecular complexity index is 391. The summed E-state index contributed by atoms with van der Waals surface area (Å²) in [4.78, 5) is 36.1. The number of carbonyl (C=O) groups excluding carboxylic acids is 2. The Morgan fingerprint density at radius 1 is 1.24 bits per heavy atom. The lowest BCUT2D eigenvalue weighted by Crippen LogP contribution is -2.58. The van der Waals surface area contributed by atoms with E-state index >= 15 is 0 Å². The molecule has 0 aromatic heterocycles. The van der Waals surface area contributed by atoms with Gasteiger partial charge in [0, 0.05) is 13.6 Å². The van der Waals surface area contributed by atoms with Gasteiger partial charge in [-0.2, -0.15) is 0 Å². The van der Waals surface area contributed by atoms with Gasteiger partial charge in [-0.05, 0) is 19.8 Å². The standard InChI is InChI=1S/C14H24N2O5/c1-3-21-11(17)7-10-16(2)13(20)15-14(12(18)19)8-5-4-6-9-14/h3-10H2,1-2H3,(H,15,20)(H,18,19). The van der Waals surface area contributed by atoms with E-state index in [1.54, 1.807) is 6.92 Å². The molecule has 1 fully saturated rings. The molecule has 1 aliphatic rings. The largest absolute Gasteiger partial charge is 0.480 e. The summed E-state index contributed by atoms with van der Waals surface area (Å²) < 4.78 is 4.79. The number of urea groups is 1. The van der Waals surface area contributed by atoms with Gasteiger partial charge in [0.15, 0.2) is 0 Å². The van der Waals surface area contributed by atoms with Crippen molar-refractivity contribution >= 4 is 18.0 Å². The quantitative estimate of drug-likeness (QED) is 0.722. The molecule has 0 spiro atoms. The van der Waals surface area contributed by atoms with E-state index in [1.807, 2.05) is 0 Å². The fourth-order valence-corrected chi connectivity index (χ4v) is 2.44. The Morgan fingerprint density at radius 2 is 1.86 bits per heavy atom. The van der Waals surface area contributed by atoms with Gasteiger partial charge in [-0.3, -0.25) is 4.79 Å². The predicted molar refractivity (Wildman–Crippen MR) is 75.9 cm³/mol. The SMILES string of the molecule is CCOC(=O)CCN(C)C(=O)NC1(C(=O)O)CCCCC1. The van der Waals surface area contributed by atoms with Crippen LogP contribution in [0.1, 0.15) is 45.4 Å². The monoisotopic (exact) mass is 300 g/mol. The summed E-state index contributed by atoms with van der Waals surface area (Å²) in [6.07, 6.45) is 3.55. The van der Waals surface area contributed by atoms with E-state index in [1.165, 1.54) is 11.9 Å². The predicted octanol–water partition coefficient (Wildman–Crippen LogP) is 1.37. The van der Waals surface area contributed by atoms with Gasteiger partial charge >= 0.3 is 18.0 Å². The molecular formula is C14H24N2O5. The van der Waals surface area contributed by atoms with Crippen LogP contribution in [0, 0.1) is 0 Å². The number of carboxylic acids is 1. The zero-order valence-corrected chi connectivity index (χ0v) is 12.7. The summed E-state index contributed by atoms with van der Waals surface area (Å²) in [5, 5.41) is 12.0. The lowest BCUT2D eigenvalue weighted by atomic mass is 9.82. The molecule has 7 heteroatoms.